The first-order valence-electron chi connectivity index (χ1n) is 8.67. The van der Waals surface area contributed by atoms with Crippen LogP contribution in [0.4, 0.5) is 0 Å². The summed E-state index contributed by atoms with van der Waals surface area (Å²) < 4.78 is 0. The van der Waals surface area contributed by atoms with E-state index in [9.17, 15) is 4.79 Å². The van der Waals surface area contributed by atoms with Crippen LogP contribution in [0.1, 0.15) is 91.9 Å². The molecule has 3 unspecified atom stereocenters. The Kier molecular flexibility index (Phi) is 11.9. The van der Waals surface area contributed by atoms with Crippen molar-refractivity contribution < 1.29 is 9.90 Å². The van der Waals surface area contributed by atoms with Gasteiger partial charge in [0.2, 0.25) is 0 Å². The van der Waals surface area contributed by atoms with Crippen LogP contribution in [0.5, 0.6) is 0 Å². The van der Waals surface area contributed by atoms with Gasteiger partial charge in [-0.05, 0) is 30.6 Å². The number of carboxylic acid groups (broad SMARTS) is 1. The quantitative estimate of drug-likeness (QED) is 0.457. The summed E-state index contributed by atoms with van der Waals surface area (Å²) in [5.74, 6) is 1.73. The minimum absolute atomic E-state index is 0.329. The molecule has 0 aliphatic carbocycles. The summed E-state index contributed by atoms with van der Waals surface area (Å²) in [5, 5.41) is 8.62. The number of carbonyl (C=O) groups is 1. The normalized spacial score (nSPS) is 15.8. The van der Waals surface area contributed by atoms with Gasteiger partial charge in [-0.1, -0.05) is 72.6 Å². The Labute approximate surface area is 126 Å². The SMILES string of the molecule is CCCCC(C)CC(C)CCCC(C)CCCC(=O)O. The van der Waals surface area contributed by atoms with Crippen LogP contribution in [0.25, 0.3) is 0 Å². The third-order valence-corrected chi connectivity index (χ3v) is 4.34. The maximum Gasteiger partial charge on any atom is 0.303 e. The van der Waals surface area contributed by atoms with E-state index < -0.39 is 5.97 Å². The van der Waals surface area contributed by atoms with Crippen LogP contribution in [0.15, 0.2) is 0 Å². The second-order valence-electron chi connectivity index (χ2n) is 6.91. The number of unbranched alkanes of at least 4 members (excludes halogenated alkanes) is 1. The highest BCUT2D eigenvalue weighted by molar-refractivity contribution is 5.66. The number of aliphatic carboxylic acids is 1. The highest BCUT2D eigenvalue weighted by Gasteiger charge is 2.10. The fraction of sp³-hybridized carbons (Fsp3) is 0.944. The van der Waals surface area contributed by atoms with Crippen LogP contribution in [-0.4, -0.2) is 11.1 Å². The van der Waals surface area contributed by atoms with Gasteiger partial charge >= 0.3 is 5.97 Å². The molecule has 0 saturated heterocycles. The molecule has 0 spiro atoms. The van der Waals surface area contributed by atoms with E-state index in [1.165, 1.54) is 44.9 Å². The second kappa shape index (κ2) is 12.2. The standard InChI is InChI=1S/C18H36O2/c1-5-6-9-16(3)14-17(4)12-7-10-15(2)11-8-13-18(19)20/h15-17H,5-14H2,1-4H3,(H,19,20). The van der Waals surface area contributed by atoms with Crippen molar-refractivity contribution in [2.24, 2.45) is 17.8 Å². The second-order valence-corrected chi connectivity index (χ2v) is 6.91. The molecule has 20 heavy (non-hydrogen) atoms. The fourth-order valence-electron chi connectivity index (χ4n) is 3.04. The van der Waals surface area contributed by atoms with E-state index in [0.717, 1.165) is 24.7 Å². The van der Waals surface area contributed by atoms with Gasteiger partial charge in [0.05, 0.1) is 0 Å². The zero-order valence-electron chi connectivity index (χ0n) is 14.2. The molecule has 0 aromatic heterocycles. The van der Waals surface area contributed by atoms with Crippen LogP contribution in [0, 0.1) is 17.8 Å². The molecule has 0 aromatic carbocycles. The Bertz CT molecular complexity index is 238. The lowest BCUT2D eigenvalue weighted by Gasteiger charge is -2.18. The molecular weight excluding hydrogens is 248 g/mol. The molecule has 0 heterocycles. The molecule has 0 aliphatic rings. The van der Waals surface area contributed by atoms with Crippen LogP contribution < -0.4 is 0 Å². The smallest absolute Gasteiger partial charge is 0.303 e. The first-order valence-corrected chi connectivity index (χ1v) is 8.67. The van der Waals surface area contributed by atoms with E-state index in [4.69, 9.17) is 5.11 Å². The molecule has 2 heteroatoms. The summed E-state index contributed by atoms with van der Waals surface area (Å²) in [5.41, 5.74) is 0. The fourth-order valence-corrected chi connectivity index (χ4v) is 3.04. The summed E-state index contributed by atoms with van der Waals surface area (Å²) in [7, 11) is 0. The third kappa shape index (κ3) is 12.5. The van der Waals surface area contributed by atoms with Crippen molar-refractivity contribution in [2.45, 2.75) is 91.9 Å². The predicted molar refractivity (Wildman–Crippen MR) is 87.0 cm³/mol. The molecule has 1 N–H and O–H groups in total. The van der Waals surface area contributed by atoms with E-state index >= 15 is 0 Å². The molecule has 3 atom stereocenters. The Morgan fingerprint density at radius 1 is 0.850 bits per heavy atom. The van der Waals surface area contributed by atoms with Gasteiger partial charge in [-0.25, -0.2) is 0 Å². The van der Waals surface area contributed by atoms with Gasteiger partial charge in [-0.15, -0.1) is 0 Å². The van der Waals surface area contributed by atoms with Gasteiger partial charge in [0.15, 0.2) is 0 Å². The molecule has 0 fully saturated rings. The van der Waals surface area contributed by atoms with Gasteiger partial charge in [-0.3, -0.25) is 4.79 Å². The van der Waals surface area contributed by atoms with Crippen molar-refractivity contribution in [1.82, 2.24) is 0 Å². The lowest BCUT2D eigenvalue weighted by Crippen LogP contribution is -2.05. The molecule has 0 aromatic rings. The van der Waals surface area contributed by atoms with Crippen LogP contribution >= 0.6 is 0 Å². The van der Waals surface area contributed by atoms with Crippen molar-refractivity contribution in [3.05, 3.63) is 0 Å². The number of carboxylic acids is 1. The Morgan fingerprint density at radius 3 is 1.90 bits per heavy atom. The minimum Gasteiger partial charge on any atom is -0.481 e. The third-order valence-electron chi connectivity index (χ3n) is 4.34. The van der Waals surface area contributed by atoms with Crippen LogP contribution in [-0.2, 0) is 4.79 Å². The molecule has 2 nitrogen and oxygen atoms in total. The lowest BCUT2D eigenvalue weighted by atomic mass is 9.88. The Hall–Kier alpha value is -0.530. The number of rotatable bonds is 13. The van der Waals surface area contributed by atoms with Crippen LogP contribution in [0.2, 0.25) is 0 Å². The van der Waals surface area contributed by atoms with Gasteiger partial charge in [0.1, 0.15) is 0 Å². The average Bonchev–Trinajstić information content (AvgIpc) is 2.35. The molecular formula is C18H36O2. The van der Waals surface area contributed by atoms with Gasteiger partial charge < -0.3 is 5.11 Å². The topological polar surface area (TPSA) is 37.3 Å². The molecule has 0 amide bonds. The number of hydrogen-bond donors (Lipinski definition) is 1. The first-order chi connectivity index (χ1) is 9.45. The summed E-state index contributed by atoms with van der Waals surface area (Å²) >= 11 is 0. The maximum atomic E-state index is 10.5. The summed E-state index contributed by atoms with van der Waals surface area (Å²) in [6.07, 6.45) is 11.5. The lowest BCUT2D eigenvalue weighted by molar-refractivity contribution is -0.137. The highest BCUT2D eigenvalue weighted by Crippen LogP contribution is 2.23. The predicted octanol–water partition coefficient (Wildman–Crippen LogP) is 5.90. The molecule has 0 saturated carbocycles. The van der Waals surface area contributed by atoms with Gasteiger partial charge in [0.25, 0.3) is 0 Å². The summed E-state index contributed by atoms with van der Waals surface area (Å²) in [4.78, 5) is 10.5. The largest absolute Gasteiger partial charge is 0.481 e. The molecule has 0 aliphatic heterocycles. The molecule has 0 rings (SSSR count). The summed E-state index contributed by atoms with van der Waals surface area (Å²) in [6, 6.07) is 0. The van der Waals surface area contributed by atoms with Crippen molar-refractivity contribution in [1.29, 1.82) is 0 Å². The highest BCUT2D eigenvalue weighted by atomic mass is 16.4. The van der Waals surface area contributed by atoms with Crippen molar-refractivity contribution >= 4 is 5.97 Å². The zero-order valence-corrected chi connectivity index (χ0v) is 14.2. The first kappa shape index (κ1) is 19.5. The maximum absolute atomic E-state index is 10.5. The van der Waals surface area contributed by atoms with E-state index in [-0.39, 0.29) is 0 Å². The van der Waals surface area contributed by atoms with E-state index in [1.807, 2.05) is 0 Å². The Balaban J connectivity index is 3.54. The van der Waals surface area contributed by atoms with Crippen LogP contribution in [0.3, 0.4) is 0 Å². The zero-order chi connectivity index (χ0) is 15.4. The average molecular weight is 284 g/mol. The van der Waals surface area contributed by atoms with Crippen molar-refractivity contribution in [3.63, 3.8) is 0 Å². The Morgan fingerprint density at radius 2 is 1.35 bits per heavy atom. The van der Waals surface area contributed by atoms with Gasteiger partial charge in [-0.2, -0.15) is 0 Å². The number of hydrogen-bond acceptors (Lipinski definition) is 1. The molecule has 0 bridgehead atoms. The van der Waals surface area contributed by atoms with E-state index in [0.29, 0.717) is 12.3 Å². The van der Waals surface area contributed by atoms with Crippen molar-refractivity contribution in [2.75, 3.05) is 0 Å². The van der Waals surface area contributed by atoms with E-state index in [2.05, 4.69) is 27.7 Å². The monoisotopic (exact) mass is 284 g/mol. The minimum atomic E-state index is -0.660. The molecule has 0 radical (unpaired) electrons. The molecule has 120 valence electrons. The van der Waals surface area contributed by atoms with E-state index in [1.54, 1.807) is 0 Å². The van der Waals surface area contributed by atoms with Gasteiger partial charge in [0, 0.05) is 6.42 Å². The summed E-state index contributed by atoms with van der Waals surface area (Å²) in [6.45, 7) is 9.30. The van der Waals surface area contributed by atoms with Crippen molar-refractivity contribution in [3.8, 4) is 0 Å².